The van der Waals surface area contributed by atoms with Crippen molar-refractivity contribution in [1.29, 1.82) is 0 Å². The molecule has 1 aliphatic rings. The van der Waals surface area contributed by atoms with E-state index in [9.17, 15) is 13.6 Å². The Kier molecular flexibility index (Phi) is 7.20. The van der Waals surface area contributed by atoms with Crippen LogP contribution in [0.2, 0.25) is 0 Å². The highest BCUT2D eigenvalue weighted by atomic mass is 32.1. The van der Waals surface area contributed by atoms with Gasteiger partial charge in [0.05, 0.1) is 29.2 Å². The van der Waals surface area contributed by atoms with Crippen molar-refractivity contribution in [2.24, 2.45) is 0 Å². The van der Waals surface area contributed by atoms with Crippen molar-refractivity contribution in [2.75, 3.05) is 11.9 Å². The van der Waals surface area contributed by atoms with Gasteiger partial charge in [0, 0.05) is 30.6 Å². The van der Waals surface area contributed by atoms with Crippen molar-refractivity contribution in [3.8, 4) is 5.69 Å². The molecule has 9 heteroatoms. The summed E-state index contributed by atoms with van der Waals surface area (Å²) in [6.07, 6.45) is 1.82. The molecule has 6 nitrogen and oxygen atoms in total. The van der Waals surface area contributed by atoms with Crippen LogP contribution in [0.3, 0.4) is 0 Å². The Morgan fingerprint density at radius 3 is 2.45 bits per heavy atom. The fraction of sp³-hybridized carbons (Fsp3) is 0.207. The number of carbonyl (C=O) groups excluding carboxylic acids is 1. The number of rotatable bonds is 7. The molecule has 2 N–H and O–H groups in total. The average Bonchev–Trinajstić information content (AvgIpc) is 3.39. The zero-order valence-electron chi connectivity index (χ0n) is 21.0. The molecule has 2 aromatic carbocycles. The third-order valence-corrected chi connectivity index (χ3v) is 7.16. The summed E-state index contributed by atoms with van der Waals surface area (Å²) in [5.74, 6) is -1.13. The molecule has 1 aliphatic heterocycles. The predicted octanol–water partition coefficient (Wildman–Crippen LogP) is 5.77. The molecular weight excluding hydrogens is 504 g/mol. The minimum absolute atomic E-state index is 0.0909. The molecule has 2 unspecified atom stereocenters. The largest absolute Gasteiger partial charge is 0.352 e. The highest BCUT2D eigenvalue weighted by Gasteiger charge is 2.41. The SMILES string of the molecule is Cc1cc(C2C(c3ccccn3)NC(=S)N2CCC(=O)Nc2ccccc2F)c(C)n1-c1ccccc1F. The van der Waals surface area contributed by atoms with Gasteiger partial charge in [0.15, 0.2) is 5.11 Å². The molecule has 2 aromatic heterocycles. The number of hydrogen-bond acceptors (Lipinski definition) is 3. The minimum atomic E-state index is -0.493. The standard InChI is InChI=1S/C29H27F2N5OS/c1-18-17-20(19(2)36(18)25-13-6-4-10-22(25)31)28-27(24-12-7-8-15-32-24)34-29(38)35(28)16-14-26(37)33-23-11-5-3-9-21(23)30/h3-13,15,17,27-28H,14,16H2,1-2H3,(H,33,37)(H,34,38). The van der Waals surface area contributed by atoms with Gasteiger partial charge >= 0.3 is 0 Å². The van der Waals surface area contributed by atoms with Crippen LogP contribution in [0.15, 0.2) is 79.0 Å². The Morgan fingerprint density at radius 1 is 1.03 bits per heavy atom. The van der Waals surface area contributed by atoms with Gasteiger partial charge in [-0.1, -0.05) is 30.3 Å². The highest BCUT2D eigenvalue weighted by molar-refractivity contribution is 7.80. The minimum Gasteiger partial charge on any atom is -0.352 e. The van der Waals surface area contributed by atoms with E-state index in [-0.39, 0.29) is 35.9 Å². The van der Waals surface area contributed by atoms with Crippen molar-refractivity contribution < 1.29 is 13.6 Å². The first-order chi connectivity index (χ1) is 18.3. The quantitative estimate of drug-likeness (QED) is 0.297. The number of para-hydroxylation sites is 2. The van der Waals surface area contributed by atoms with E-state index in [1.54, 1.807) is 36.5 Å². The van der Waals surface area contributed by atoms with Crippen LogP contribution in [-0.4, -0.2) is 32.0 Å². The molecule has 0 saturated carbocycles. The van der Waals surface area contributed by atoms with Gasteiger partial charge in [0.1, 0.15) is 11.6 Å². The molecule has 5 rings (SSSR count). The van der Waals surface area contributed by atoms with Crippen LogP contribution in [-0.2, 0) is 4.79 Å². The lowest BCUT2D eigenvalue weighted by molar-refractivity contribution is -0.116. The van der Waals surface area contributed by atoms with Crippen LogP contribution in [0.1, 0.15) is 41.1 Å². The smallest absolute Gasteiger partial charge is 0.226 e. The lowest BCUT2D eigenvalue weighted by Crippen LogP contribution is -2.33. The number of thiocarbonyl (C=S) groups is 1. The molecule has 2 atom stereocenters. The van der Waals surface area contributed by atoms with E-state index < -0.39 is 5.82 Å². The second-order valence-corrected chi connectivity index (χ2v) is 9.60. The monoisotopic (exact) mass is 531 g/mol. The molecule has 38 heavy (non-hydrogen) atoms. The van der Waals surface area contributed by atoms with Gasteiger partial charge < -0.3 is 20.1 Å². The lowest BCUT2D eigenvalue weighted by Gasteiger charge is -2.28. The number of nitrogens with zero attached hydrogens (tertiary/aromatic N) is 3. The van der Waals surface area contributed by atoms with Gasteiger partial charge in [-0.05, 0) is 74.1 Å². The Balaban J connectivity index is 1.48. The van der Waals surface area contributed by atoms with Crippen molar-refractivity contribution in [3.63, 3.8) is 0 Å². The molecular formula is C29H27F2N5OS. The van der Waals surface area contributed by atoms with E-state index >= 15 is 0 Å². The van der Waals surface area contributed by atoms with Crippen LogP contribution in [0.5, 0.6) is 0 Å². The van der Waals surface area contributed by atoms with Crippen molar-refractivity contribution in [2.45, 2.75) is 32.4 Å². The number of pyridine rings is 1. The number of aryl methyl sites for hydroxylation is 1. The second kappa shape index (κ2) is 10.7. The molecule has 1 saturated heterocycles. The fourth-order valence-corrected chi connectivity index (χ4v) is 5.40. The van der Waals surface area contributed by atoms with Crippen molar-refractivity contribution in [1.82, 2.24) is 19.8 Å². The summed E-state index contributed by atoms with van der Waals surface area (Å²) < 4.78 is 30.7. The first-order valence-corrected chi connectivity index (χ1v) is 12.7. The average molecular weight is 532 g/mol. The fourth-order valence-electron chi connectivity index (χ4n) is 5.07. The number of hydrogen-bond donors (Lipinski definition) is 2. The maximum atomic E-state index is 14.8. The summed E-state index contributed by atoms with van der Waals surface area (Å²) in [5, 5.41) is 6.50. The number of benzene rings is 2. The molecule has 0 radical (unpaired) electrons. The number of anilines is 1. The first-order valence-electron chi connectivity index (χ1n) is 12.3. The molecule has 3 heterocycles. The van der Waals surface area contributed by atoms with Crippen LogP contribution in [0.4, 0.5) is 14.5 Å². The van der Waals surface area contributed by atoms with E-state index in [2.05, 4.69) is 15.6 Å². The molecule has 194 valence electrons. The van der Waals surface area contributed by atoms with E-state index in [1.165, 1.54) is 18.2 Å². The van der Waals surface area contributed by atoms with Gasteiger partial charge in [-0.25, -0.2) is 8.78 Å². The van der Waals surface area contributed by atoms with Gasteiger partial charge in [-0.2, -0.15) is 0 Å². The van der Waals surface area contributed by atoms with Gasteiger partial charge in [-0.15, -0.1) is 0 Å². The number of amides is 1. The maximum Gasteiger partial charge on any atom is 0.226 e. The van der Waals surface area contributed by atoms with Crippen LogP contribution < -0.4 is 10.6 Å². The van der Waals surface area contributed by atoms with Gasteiger partial charge in [0.25, 0.3) is 0 Å². The number of halogens is 2. The number of nitrogens with one attached hydrogen (secondary N) is 2. The highest BCUT2D eigenvalue weighted by Crippen LogP contribution is 2.41. The van der Waals surface area contributed by atoms with E-state index in [0.717, 1.165) is 22.6 Å². The predicted molar refractivity (Wildman–Crippen MR) is 147 cm³/mol. The lowest BCUT2D eigenvalue weighted by atomic mass is 9.96. The van der Waals surface area contributed by atoms with Crippen LogP contribution in [0, 0.1) is 25.5 Å². The van der Waals surface area contributed by atoms with Crippen LogP contribution >= 0.6 is 12.2 Å². The Bertz CT molecular complexity index is 1490. The summed E-state index contributed by atoms with van der Waals surface area (Å²) in [4.78, 5) is 19.3. The molecule has 1 fully saturated rings. The molecule has 0 bridgehead atoms. The summed E-state index contributed by atoms with van der Waals surface area (Å²) in [7, 11) is 0. The topological polar surface area (TPSA) is 62.2 Å². The van der Waals surface area contributed by atoms with E-state index in [1.807, 2.05) is 47.6 Å². The number of carbonyl (C=O) groups is 1. The Morgan fingerprint density at radius 2 is 1.74 bits per heavy atom. The van der Waals surface area contributed by atoms with Crippen molar-refractivity contribution >= 4 is 28.9 Å². The summed E-state index contributed by atoms with van der Waals surface area (Å²) >= 11 is 5.72. The van der Waals surface area contributed by atoms with Gasteiger partial charge in [-0.3, -0.25) is 9.78 Å². The zero-order chi connectivity index (χ0) is 26.8. The van der Waals surface area contributed by atoms with Gasteiger partial charge in [0.2, 0.25) is 5.91 Å². The summed E-state index contributed by atoms with van der Waals surface area (Å²) in [6.45, 7) is 4.18. The number of aromatic nitrogens is 2. The van der Waals surface area contributed by atoms with Crippen LogP contribution in [0.25, 0.3) is 5.69 Å². The van der Waals surface area contributed by atoms with E-state index in [0.29, 0.717) is 17.3 Å². The Labute approximate surface area is 225 Å². The van der Waals surface area contributed by atoms with E-state index in [4.69, 9.17) is 12.2 Å². The third-order valence-electron chi connectivity index (χ3n) is 6.81. The first kappa shape index (κ1) is 25.5. The maximum absolute atomic E-state index is 14.8. The second-order valence-electron chi connectivity index (χ2n) is 9.21. The normalized spacial score (nSPS) is 16.9. The molecule has 1 amide bonds. The zero-order valence-corrected chi connectivity index (χ0v) is 21.8. The summed E-state index contributed by atoms with van der Waals surface area (Å²) in [6, 6.07) is 19.9. The summed E-state index contributed by atoms with van der Waals surface area (Å²) in [5.41, 5.74) is 4.09. The molecule has 4 aromatic rings. The molecule has 0 aliphatic carbocycles. The Hall–Kier alpha value is -4.11. The third kappa shape index (κ3) is 4.89. The molecule has 0 spiro atoms. The van der Waals surface area contributed by atoms with Crippen molar-refractivity contribution in [3.05, 3.63) is 113 Å².